The fraction of sp³-hybridized carbons (Fsp3) is 0.600. The van der Waals surface area contributed by atoms with Gasteiger partial charge in [0.15, 0.2) is 0 Å². The lowest BCUT2D eigenvalue weighted by Gasteiger charge is -2.38. The van der Waals surface area contributed by atoms with E-state index in [1.807, 2.05) is 6.07 Å². The van der Waals surface area contributed by atoms with Crippen LogP contribution in [0.4, 0.5) is 0 Å². The van der Waals surface area contributed by atoms with Crippen LogP contribution in [0.5, 0.6) is 0 Å². The van der Waals surface area contributed by atoms with Crippen LogP contribution in [0.2, 0.25) is 0 Å². The maximum atomic E-state index is 5.34. The minimum Gasteiger partial charge on any atom is -0.472 e. The van der Waals surface area contributed by atoms with E-state index < -0.39 is 0 Å². The summed E-state index contributed by atoms with van der Waals surface area (Å²) in [7, 11) is 4.32. The van der Waals surface area contributed by atoms with Crippen LogP contribution in [-0.2, 0) is 6.54 Å². The predicted octanol–water partition coefficient (Wildman–Crippen LogP) is 2.24. The Morgan fingerprint density at radius 3 is 3.05 bits per heavy atom. The zero-order valence-electron chi connectivity index (χ0n) is 12.8. The molecule has 0 saturated carbocycles. The molecule has 6 nitrogen and oxygen atoms in total. The molecule has 0 aromatic carbocycles. The van der Waals surface area contributed by atoms with E-state index in [0.717, 1.165) is 12.1 Å². The molecule has 0 unspecified atom stereocenters. The summed E-state index contributed by atoms with van der Waals surface area (Å²) in [5.41, 5.74) is 0.848. The molecule has 0 radical (unpaired) electrons. The predicted molar refractivity (Wildman–Crippen MR) is 78.6 cm³/mol. The molecule has 0 amide bonds. The molecule has 2 atom stereocenters. The second kappa shape index (κ2) is 5.99. The van der Waals surface area contributed by atoms with Gasteiger partial charge in [0.05, 0.1) is 18.4 Å². The number of rotatable bonds is 4. The van der Waals surface area contributed by atoms with Gasteiger partial charge in [0.25, 0.3) is 0 Å². The van der Waals surface area contributed by atoms with E-state index in [2.05, 4.69) is 41.0 Å². The molecule has 3 heterocycles. The molecule has 1 aliphatic heterocycles. The van der Waals surface area contributed by atoms with Crippen molar-refractivity contribution < 1.29 is 8.94 Å². The fourth-order valence-corrected chi connectivity index (χ4v) is 2.84. The Morgan fingerprint density at radius 2 is 2.33 bits per heavy atom. The maximum Gasteiger partial charge on any atom is 0.241 e. The minimum atomic E-state index is 0.570. The lowest BCUT2D eigenvalue weighted by Crippen LogP contribution is -2.46. The van der Waals surface area contributed by atoms with Gasteiger partial charge in [-0.1, -0.05) is 5.16 Å². The molecule has 1 saturated heterocycles. The SMILES string of the molecule is C[C@@H]1C[C@H](N(C)Cc2nc(-c3ccoc3)no2)CCN1C. The van der Waals surface area contributed by atoms with Crippen LogP contribution in [0.15, 0.2) is 27.5 Å². The Labute approximate surface area is 124 Å². The van der Waals surface area contributed by atoms with Crippen LogP contribution in [0.1, 0.15) is 25.7 Å². The summed E-state index contributed by atoms with van der Waals surface area (Å²) in [4.78, 5) is 9.16. The summed E-state index contributed by atoms with van der Waals surface area (Å²) in [6.07, 6.45) is 5.59. The van der Waals surface area contributed by atoms with Gasteiger partial charge >= 0.3 is 0 Å². The van der Waals surface area contributed by atoms with E-state index >= 15 is 0 Å². The van der Waals surface area contributed by atoms with Gasteiger partial charge in [-0.15, -0.1) is 0 Å². The third-order valence-electron chi connectivity index (χ3n) is 4.44. The van der Waals surface area contributed by atoms with Gasteiger partial charge in [-0.2, -0.15) is 4.98 Å². The topological polar surface area (TPSA) is 58.5 Å². The van der Waals surface area contributed by atoms with Crippen molar-refractivity contribution in [3.05, 3.63) is 24.5 Å². The third kappa shape index (κ3) is 3.16. The van der Waals surface area contributed by atoms with E-state index in [-0.39, 0.29) is 0 Å². The Kier molecular flexibility index (Phi) is 4.07. The van der Waals surface area contributed by atoms with E-state index in [0.29, 0.717) is 30.3 Å². The first kappa shape index (κ1) is 14.3. The van der Waals surface area contributed by atoms with E-state index in [9.17, 15) is 0 Å². The zero-order valence-corrected chi connectivity index (χ0v) is 12.8. The van der Waals surface area contributed by atoms with E-state index in [4.69, 9.17) is 8.94 Å². The Bertz CT molecular complexity index is 566. The van der Waals surface area contributed by atoms with Crippen molar-refractivity contribution >= 4 is 0 Å². The Balaban J connectivity index is 1.61. The highest BCUT2D eigenvalue weighted by Gasteiger charge is 2.26. The summed E-state index contributed by atoms with van der Waals surface area (Å²) < 4.78 is 10.4. The molecule has 2 aromatic heterocycles. The molecule has 2 aromatic rings. The molecular formula is C15H22N4O2. The normalized spacial score (nSPS) is 23.8. The summed E-state index contributed by atoms with van der Waals surface area (Å²) in [6.45, 7) is 4.11. The highest BCUT2D eigenvalue weighted by molar-refractivity contribution is 5.51. The summed E-state index contributed by atoms with van der Waals surface area (Å²) in [5, 5.41) is 4.00. The summed E-state index contributed by atoms with van der Waals surface area (Å²) >= 11 is 0. The Morgan fingerprint density at radius 1 is 1.48 bits per heavy atom. The molecule has 114 valence electrons. The van der Waals surface area contributed by atoms with Crippen molar-refractivity contribution in [2.75, 3.05) is 20.6 Å². The van der Waals surface area contributed by atoms with Crippen molar-refractivity contribution in [2.45, 2.75) is 38.4 Å². The molecular weight excluding hydrogens is 268 g/mol. The van der Waals surface area contributed by atoms with Gasteiger partial charge in [0, 0.05) is 12.1 Å². The second-order valence-corrected chi connectivity index (χ2v) is 5.95. The van der Waals surface area contributed by atoms with Crippen molar-refractivity contribution in [1.82, 2.24) is 19.9 Å². The fourth-order valence-electron chi connectivity index (χ4n) is 2.84. The van der Waals surface area contributed by atoms with E-state index in [1.54, 1.807) is 12.5 Å². The van der Waals surface area contributed by atoms with Crippen molar-refractivity contribution in [3.8, 4) is 11.4 Å². The molecule has 0 bridgehead atoms. The largest absolute Gasteiger partial charge is 0.472 e. The number of likely N-dealkylation sites (tertiary alicyclic amines) is 1. The molecule has 1 fully saturated rings. The number of aromatic nitrogens is 2. The lowest BCUT2D eigenvalue weighted by atomic mass is 9.98. The minimum absolute atomic E-state index is 0.570. The van der Waals surface area contributed by atoms with Crippen LogP contribution in [-0.4, -0.2) is 52.7 Å². The molecule has 0 spiro atoms. The van der Waals surface area contributed by atoms with Crippen molar-refractivity contribution in [1.29, 1.82) is 0 Å². The Hall–Kier alpha value is -1.66. The molecule has 0 aliphatic carbocycles. The van der Waals surface area contributed by atoms with E-state index in [1.165, 1.54) is 12.8 Å². The monoisotopic (exact) mass is 290 g/mol. The number of hydrogen-bond donors (Lipinski definition) is 0. The second-order valence-electron chi connectivity index (χ2n) is 5.95. The molecule has 6 heteroatoms. The summed E-state index contributed by atoms with van der Waals surface area (Å²) in [6, 6.07) is 3.02. The average molecular weight is 290 g/mol. The molecule has 0 N–H and O–H groups in total. The third-order valence-corrected chi connectivity index (χ3v) is 4.44. The number of hydrogen-bond acceptors (Lipinski definition) is 6. The first-order valence-electron chi connectivity index (χ1n) is 7.39. The smallest absolute Gasteiger partial charge is 0.241 e. The number of nitrogens with zero attached hydrogens (tertiary/aromatic N) is 4. The standard InChI is InChI=1S/C15H22N4O2/c1-11-8-13(4-6-18(11)2)19(3)9-14-16-15(17-21-14)12-5-7-20-10-12/h5,7,10-11,13H,4,6,8-9H2,1-3H3/t11-,13-/m1/s1. The summed E-state index contributed by atoms with van der Waals surface area (Å²) in [5.74, 6) is 1.24. The lowest BCUT2D eigenvalue weighted by molar-refractivity contribution is 0.0938. The van der Waals surface area contributed by atoms with Gasteiger partial charge in [-0.05, 0) is 46.5 Å². The van der Waals surface area contributed by atoms with Crippen LogP contribution < -0.4 is 0 Å². The highest BCUT2D eigenvalue weighted by atomic mass is 16.5. The van der Waals surface area contributed by atoms with Crippen LogP contribution in [0.3, 0.4) is 0 Å². The van der Waals surface area contributed by atoms with Crippen molar-refractivity contribution in [3.63, 3.8) is 0 Å². The first-order valence-corrected chi connectivity index (χ1v) is 7.39. The van der Waals surface area contributed by atoms with Crippen LogP contribution in [0.25, 0.3) is 11.4 Å². The average Bonchev–Trinajstić information content (AvgIpc) is 3.12. The molecule has 3 rings (SSSR count). The zero-order chi connectivity index (χ0) is 14.8. The number of furan rings is 1. The maximum absolute atomic E-state index is 5.34. The van der Waals surface area contributed by atoms with Gasteiger partial charge in [0.1, 0.15) is 6.26 Å². The number of piperidine rings is 1. The van der Waals surface area contributed by atoms with Crippen LogP contribution >= 0.6 is 0 Å². The van der Waals surface area contributed by atoms with Crippen LogP contribution in [0, 0.1) is 0 Å². The van der Waals surface area contributed by atoms with Gasteiger partial charge in [0.2, 0.25) is 11.7 Å². The first-order chi connectivity index (χ1) is 10.1. The van der Waals surface area contributed by atoms with Gasteiger partial charge in [-0.25, -0.2) is 0 Å². The molecule has 21 heavy (non-hydrogen) atoms. The quantitative estimate of drug-likeness (QED) is 0.860. The molecule has 1 aliphatic rings. The van der Waals surface area contributed by atoms with Crippen molar-refractivity contribution in [2.24, 2.45) is 0 Å². The van der Waals surface area contributed by atoms with Gasteiger partial charge < -0.3 is 13.8 Å². The van der Waals surface area contributed by atoms with Gasteiger partial charge in [-0.3, -0.25) is 4.90 Å². The highest BCUT2D eigenvalue weighted by Crippen LogP contribution is 2.21.